The van der Waals surface area contributed by atoms with Gasteiger partial charge in [0.05, 0.1) is 5.52 Å². The molecule has 1 atom stereocenters. The molecule has 0 bridgehead atoms. The first-order valence-corrected chi connectivity index (χ1v) is 7.07. The average molecular weight is 342 g/mol. The molecule has 1 unspecified atom stereocenters. The molecule has 0 spiro atoms. The molecule has 0 saturated carbocycles. The van der Waals surface area contributed by atoms with Crippen LogP contribution in [-0.2, 0) is 0 Å². The smallest absolute Gasteiger partial charge is 0.272 e. The second-order valence-corrected chi connectivity index (χ2v) is 5.35. The number of hydrogen-bond donors (Lipinski definition) is 1. The fourth-order valence-electron chi connectivity index (χ4n) is 2.82. The summed E-state index contributed by atoms with van der Waals surface area (Å²) in [5, 5.41) is 4.25. The van der Waals surface area contributed by atoms with E-state index in [0.717, 1.165) is 37.0 Å². The van der Waals surface area contributed by atoms with Crippen LogP contribution in [0.15, 0.2) is 36.4 Å². The van der Waals surface area contributed by atoms with Crippen molar-refractivity contribution in [3.05, 3.63) is 42.1 Å². The summed E-state index contributed by atoms with van der Waals surface area (Å²) in [5.74, 6) is 0.610. The Balaban J connectivity index is 0.00000121. The number of pyridine rings is 1. The van der Waals surface area contributed by atoms with Crippen molar-refractivity contribution in [3.8, 4) is 0 Å². The highest BCUT2D eigenvalue weighted by Gasteiger charge is 2.27. The molecule has 1 aromatic heterocycles. The number of para-hydroxylation sites is 1. The van der Waals surface area contributed by atoms with Crippen LogP contribution < -0.4 is 5.32 Å². The lowest BCUT2D eigenvalue weighted by Crippen LogP contribution is -2.30. The summed E-state index contributed by atoms with van der Waals surface area (Å²) in [6.07, 6.45) is 1.07. The summed E-state index contributed by atoms with van der Waals surface area (Å²) in [6.45, 7) is 2.63. The number of carbonyl (C=O) groups is 1. The minimum absolute atomic E-state index is 0. The van der Waals surface area contributed by atoms with Crippen LogP contribution in [-0.4, -0.2) is 42.5 Å². The minimum Gasteiger partial charge on any atom is -0.337 e. The Morgan fingerprint density at radius 1 is 1.27 bits per heavy atom. The van der Waals surface area contributed by atoms with Crippen molar-refractivity contribution in [2.24, 2.45) is 5.92 Å². The lowest BCUT2D eigenvalue weighted by molar-refractivity contribution is 0.0782. The van der Waals surface area contributed by atoms with Crippen LogP contribution in [0, 0.1) is 5.92 Å². The molecule has 120 valence electrons. The first-order valence-electron chi connectivity index (χ1n) is 7.07. The molecule has 3 rings (SSSR count). The molecule has 2 aromatic rings. The molecule has 1 N–H and O–H groups in total. The highest BCUT2D eigenvalue weighted by atomic mass is 35.5. The highest BCUT2D eigenvalue weighted by molar-refractivity contribution is 5.95. The van der Waals surface area contributed by atoms with Gasteiger partial charge in [0.15, 0.2) is 0 Å². The predicted octanol–water partition coefficient (Wildman–Crippen LogP) is 2.76. The van der Waals surface area contributed by atoms with E-state index in [4.69, 9.17) is 0 Å². The molecular formula is C16H21Cl2N3O. The minimum atomic E-state index is 0. The number of fused-ring (bicyclic) bond motifs is 1. The summed E-state index contributed by atoms with van der Waals surface area (Å²) in [6, 6.07) is 11.7. The zero-order valence-corrected chi connectivity index (χ0v) is 14.1. The third-order valence-corrected chi connectivity index (χ3v) is 3.88. The van der Waals surface area contributed by atoms with E-state index in [1.807, 2.05) is 48.3 Å². The van der Waals surface area contributed by atoms with Gasteiger partial charge >= 0.3 is 0 Å². The summed E-state index contributed by atoms with van der Waals surface area (Å²) >= 11 is 0. The number of likely N-dealkylation sites (tertiary alicyclic amines) is 1. The van der Waals surface area contributed by atoms with Crippen molar-refractivity contribution < 1.29 is 4.79 Å². The molecule has 6 heteroatoms. The van der Waals surface area contributed by atoms with Crippen LogP contribution in [0.1, 0.15) is 16.9 Å². The van der Waals surface area contributed by atoms with Crippen molar-refractivity contribution in [1.29, 1.82) is 0 Å². The maximum atomic E-state index is 12.5. The summed E-state index contributed by atoms with van der Waals surface area (Å²) in [4.78, 5) is 18.9. The second kappa shape index (κ2) is 8.32. The molecule has 1 saturated heterocycles. The lowest BCUT2D eigenvalue weighted by atomic mass is 10.1. The van der Waals surface area contributed by atoms with Gasteiger partial charge in [-0.05, 0) is 38.1 Å². The number of halogens is 2. The first kappa shape index (κ1) is 18.7. The number of nitrogens with one attached hydrogen (secondary N) is 1. The largest absolute Gasteiger partial charge is 0.337 e. The van der Waals surface area contributed by atoms with E-state index in [-0.39, 0.29) is 30.7 Å². The van der Waals surface area contributed by atoms with E-state index in [2.05, 4.69) is 10.3 Å². The Morgan fingerprint density at radius 3 is 2.82 bits per heavy atom. The Labute approximate surface area is 143 Å². The van der Waals surface area contributed by atoms with E-state index >= 15 is 0 Å². The fraction of sp³-hybridized carbons (Fsp3) is 0.375. The molecule has 0 aliphatic carbocycles. The van der Waals surface area contributed by atoms with Gasteiger partial charge in [0.25, 0.3) is 5.91 Å². The Kier molecular flexibility index (Phi) is 7.07. The zero-order valence-electron chi connectivity index (χ0n) is 12.5. The third kappa shape index (κ3) is 3.88. The van der Waals surface area contributed by atoms with Gasteiger partial charge in [0, 0.05) is 18.5 Å². The van der Waals surface area contributed by atoms with Crippen LogP contribution in [0.5, 0.6) is 0 Å². The molecule has 1 aliphatic heterocycles. The molecular weight excluding hydrogens is 321 g/mol. The predicted molar refractivity (Wildman–Crippen MR) is 94.2 cm³/mol. The standard InChI is InChI=1S/C16H19N3O.2ClH/c1-17-10-12-8-9-19(11-12)16(20)15-7-6-13-4-2-3-5-14(13)18-15;;/h2-7,12,17H,8-11H2,1H3;2*1H. The maximum absolute atomic E-state index is 12.5. The molecule has 1 amide bonds. The Morgan fingerprint density at radius 2 is 2.05 bits per heavy atom. The number of amides is 1. The van der Waals surface area contributed by atoms with Gasteiger partial charge in [-0.15, -0.1) is 24.8 Å². The Hall–Kier alpha value is -1.36. The molecule has 1 aliphatic rings. The number of nitrogens with zero attached hydrogens (tertiary/aromatic N) is 2. The highest BCUT2D eigenvalue weighted by Crippen LogP contribution is 2.19. The van der Waals surface area contributed by atoms with Crippen molar-refractivity contribution in [1.82, 2.24) is 15.2 Å². The van der Waals surface area contributed by atoms with Gasteiger partial charge in [-0.25, -0.2) is 4.98 Å². The van der Waals surface area contributed by atoms with Gasteiger partial charge in [-0.2, -0.15) is 0 Å². The summed E-state index contributed by atoms with van der Waals surface area (Å²) in [7, 11) is 1.95. The number of benzene rings is 1. The van der Waals surface area contributed by atoms with Crippen molar-refractivity contribution in [3.63, 3.8) is 0 Å². The average Bonchev–Trinajstić information content (AvgIpc) is 2.95. The van der Waals surface area contributed by atoms with Gasteiger partial charge < -0.3 is 10.2 Å². The summed E-state index contributed by atoms with van der Waals surface area (Å²) in [5.41, 5.74) is 1.43. The normalized spacial score (nSPS) is 17.0. The molecule has 1 fully saturated rings. The summed E-state index contributed by atoms with van der Waals surface area (Å²) < 4.78 is 0. The fourth-order valence-corrected chi connectivity index (χ4v) is 2.82. The van der Waals surface area contributed by atoms with Crippen molar-refractivity contribution in [2.45, 2.75) is 6.42 Å². The van der Waals surface area contributed by atoms with E-state index in [1.54, 1.807) is 0 Å². The van der Waals surface area contributed by atoms with Crippen LogP contribution in [0.3, 0.4) is 0 Å². The van der Waals surface area contributed by atoms with Crippen LogP contribution in [0.4, 0.5) is 0 Å². The number of aromatic nitrogens is 1. The van der Waals surface area contributed by atoms with E-state index in [0.29, 0.717) is 11.6 Å². The van der Waals surface area contributed by atoms with Gasteiger partial charge in [-0.3, -0.25) is 4.79 Å². The molecule has 2 heterocycles. The van der Waals surface area contributed by atoms with Crippen LogP contribution in [0.2, 0.25) is 0 Å². The topological polar surface area (TPSA) is 45.2 Å². The third-order valence-electron chi connectivity index (χ3n) is 3.88. The van der Waals surface area contributed by atoms with E-state index < -0.39 is 0 Å². The number of rotatable bonds is 3. The van der Waals surface area contributed by atoms with Gasteiger partial charge in [0.2, 0.25) is 0 Å². The SMILES string of the molecule is CNCC1CCN(C(=O)c2ccc3ccccc3n2)C1.Cl.Cl. The maximum Gasteiger partial charge on any atom is 0.272 e. The molecule has 22 heavy (non-hydrogen) atoms. The quantitative estimate of drug-likeness (QED) is 0.933. The first-order chi connectivity index (χ1) is 9.78. The van der Waals surface area contributed by atoms with Gasteiger partial charge in [-0.1, -0.05) is 24.3 Å². The van der Waals surface area contributed by atoms with Gasteiger partial charge in [0.1, 0.15) is 5.69 Å². The second-order valence-electron chi connectivity index (χ2n) is 5.35. The Bertz CT molecular complexity index is 636. The molecule has 1 aromatic carbocycles. The van der Waals surface area contributed by atoms with Crippen LogP contribution >= 0.6 is 24.8 Å². The van der Waals surface area contributed by atoms with Crippen LogP contribution in [0.25, 0.3) is 10.9 Å². The van der Waals surface area contributed by atoms with E-state index in [9.17, 15) is 4.79 Å². The molecule has 4 nitrogen and oxygen atoms in total. The number of hydrogen-bond acceptors (Lipinski definition) is 3. The lowest BCUT2D eigenvalue weighted by Gasteiger charge is -2.16. The molecule has 0 radical (unpaired) electrons. The number of carbonyl (C=O) groups excluding carboxylic acids is 1. The van der Waals surface area contributed by atoms with Crippen molar-refractivity contribution in [2.75, 3.05) is 26.7 Å². The van der Waals surface area contributed by atoms with E-state index in [1.165, 1.54) is 0 Å². The zero-order chi connectivity index (χ0) is 13.9. The van der Waals surface area contributed by atoms with Crippen molar-refractivity contribution >= 4 is 41.6 Å². The monoisotopic (exact) mass is 341 g/mol.